The van der Waals surface area contributed by atoms with Crippen LogP contribution < -0.4 is 16.1 Å². The molecule has 0 aromatic heterocycles. The van der Waals surface area contributed by atoms with E-state index in [9.17, 15) is 9.36 Å². The first-order chi connectivity index (χ1) is 8.51. The lowest BCUT2D eigenvalue weighted by molar-refractivity contribution is 0.101. The molecule has 0 saturated carbocycles. The van der Waals surface area contributed by atoms with Gasteiger partial charge in [-0.2, -0.15) is 0 Å². The highest BCUT2D eigenvalue weighted by Gasteiger charge is 2.21. The van der Waals surface area contributed by atoms with E-state index in [2.05, 4.69) is 0 Å². The number of Topliss-reactive ketones (excluding diaryl/α,β-unsaturated/α-hetero) is 1. The van der Waals surface area contributed by atoms with Gasteiger partial charge in [0, 0.05) is 16.2 Å². The van der Waals surface area contributed by atoms with Gasteiger partial charge in [0.15, 0.2) is 5.78 Å². The van der Waals surface area contributed by atoms with Crippen LogP contribution in [0.4, 0.5) is 0 Å². The lowest BCUT2D eigenvalue weighted by Crippen LogP contribution is -2.22. The van der Waals surface area contributed by atoms with E-state index < -0.39 is 7.29 Å². The van der Waals surface area contributed by atoms with E-state index in [1.54, 1.807) is 48.5 Å². The third-order valence-electron chi connectivity index (χ3n) is 2.80. The van der Waals surface area contributed by atoms with Gasteiger partial charge in [-0.1, -0.05) is 30.3 Å². The Hall–Kier alpha value is -1.70. The highest BCUT2D eigenvalue weighted by atomic mass is 31.2. The molecule has 3 nitrogen and oxygen atoms in total. The van der Waals surface area contributed by atoms with E-state index in [1.165, 1.54) is 6.92 Å². The smallest absolute Gasteiger partial charge is 0.202 e. The van der Waals surface area contributed by atoms with Crippen molar-refractivity contribution in [2.75, 3.05) is 0 Å². The quantitative estimate of drug-likeness (QED) is 0.678. The normalized spacial score (nSPS) is 13.9. The summed E-state index contributed by atoms with van der Waals surface area (Å²) in [5.74, 6) is -0.0203. The first kappa shape index (κ1) is 12.7. The molecule has 0 unspecified atom stereocenters. The molecule has 4 heteroatoms. The molecule has 0 fully saturated rings. The van der Waals surface area contributed by atoms with Crippen LogP contribution in [0.5, 0.6) is 0 Å². The summed E-state index contributed by atoms with van der Waals surface area (Å²) in [5.41, 5.74) is 6.55. The van der Waals surface area contributed by atoms with Crippen LogP contribution in [-0.4, -0.2) is 5.78 Å². The van der Waals surface area contributed by atoms with Crippen molar-refractivity contribution >= 4 is 23.7 Å². The van der Waals surface area contributed by atoms with Gasteiger partial charge in [-0.15, -0.1) is 0 Å². The maximum absolute atomic E-state index is 12.6. The third-order valence-corrected chi connectivity index (χ3v) is 4.93. The number of ketones is 1. The Kier molecular flexibility index (Phi) is 3.46. The highest BCUT2D eigenvalue weighted by molar-refractivity contribution is 7.76. The monoisotopic (exact) mass is 259 g/mol. The van der Waals surface area contributed by atoms with Gasteiger partial charge in [0.05, 0.1) is 0 Å². The Bertz CT molecular complexity index is 605. The topological polar surface area (TPSA) is 60.2 Å². The number of hydrogen-bond donors (Lipinski definition) is 1. The van der Waals surface area contributed by atoms with Crippen molar-refractivity contribution in [1.29, 1.82) is 0 Å². The number of hydrogen-bond acceptors (Lipinski definition) is 2. The second-order valence-corrected chi connectivity index (χ2v) is 6.45. The van der Waals surface area contributed by atoms with Gasteiger partial charge in [0.2, 0.25) is 7.29 Å². The maximum Gasteiger partial charge on any atom is 0.202 e. The van der Waals surface area contributed by atoms with Gasteiger partial charge < -0.3 is 0 Å². The van der Waals surface area contributed by atoms with Crippen LogP contribution in [0, 0.1) is 0 Å². The zero-order chi connectivity index (χ0) is 13.2. The predicted molar refractivity (Wildman–Crippen MR) is 74.0 cm³/mol. The Morgan fingerprint density at radius 1 is 0.944 bits per heavy atom. The summed E-state index contributed by atoms with van der Waals surface area (Å²) in [7, 11) is -3.06. The second-order valence-electron chi connectivity index (χ2n) is 4.10. The van der Waals surface area contributed by atoms with E-state index in [0.29, 0.717) is 16.2 Å². The molecule has 2 aromatic rings. The van der Waals surface area contributed by atoms with Crippen molar-refractivity contribution in [1.82, 2.24) is 0 Å². The molecular formula is C14H14NO2P. The molecule has 18 heavy (non-hydrogen) atoms. The summed E-state index contributed by atoms with van der Waals surface area (Å²) >= 11 is 0. The van der Waals surface area contributed by atoms with Crippen molar-refractivity contribution in [3.05, 3.63) is 60.2 Å². The lowest BCUT2D eigenvalue weighted by atomic mass is 10.2. The molecule has 1 atom stereocenters. The molecule has 0 aliphatic carbocycles. The van der Waals surface area contributed by atoms with E-state index in [4.69, 9.17) is 5.50 Å². The van der Waals surface area contributed by atoms with Crippen LogP contribution >= 0.6 is 7.29 Å². The maximum atomic E-state index is 12.6. The van der Waals surface area contributed by atoms with Gasteiger partial charge in [-0.25, -0.2) is 0 Å². The molecule has 0 amide bonds. The molecule has 2 aromatic carbocycles. The number of benzene rings is 2. The van der Waals surface area contributed by atoms with Crippen molar-refractivity contribution in [2.24, 2.45) is 5.50 Å². The molecule has 0 radical (unpaired) electrons. The first-order valence-corrected chi connectivity index (χ1v) is 7.35. The zero-order valence-corrected chi connectivity index (χ0v) is 10.9. The lowest BCUT2D eigenvalue weighted by Gasteiger charge is -2.13. The minimum Gasteiger partial charge on any atom is -0.297 e. The molecule has 0 aliphatic heterocycles. The van der Waals surface area contributed by atoms with E-state index in [-0.39, 0.29) is 5.78 Å². The zero-order valence-electron chi connectivity index (χ0n) is 10.0. The average Bonchev–Trinajstić information content (AvgIpc) is 2.40. The molecule has 0 bridgehead atoms. The van der Waals surface area contributed by atoms with Crippen molar-refractivity contribution in [3.8, 4) is 0 Å². The largest absolute Gasteiger partial charge is 0.297 e. The van der Waals surface area contributed by atoms with Gasteiger partial charge in [-0.3, -0.25) is 14.9 Å². The molecule has 2 N–H and O–H groups in total. The fraction of sp³-hybridized carbons (Fsp3) is 0.0714. The number of nitrogens with two attached hydrogens (primary N) is 1. The Morgan fingerprint density at radius 3 is 1.94 bits per heavy atom. The summed E-state index contributed by atoms with van der Waals surface area (Å²) in [6, 6.07) is 15.6. The molecule has 0 aliphatic rings. The van der Waals surface area contributed by atoms with Gasteiger partial charge in [-0.05, 0) is 31.2 Å². The summed E-state index contributed by atoms with van der Waals surface area (Å²) in [6.07, 6.45) is 0. The number of carbonyl (C=O) groups excluding carboxylic acids is 1. The predicted octanol–water partition coefficient (Wildman–Crippen LogP) is 2.08. The molecule has 2 rings (SSSR count). The minimum atomic E-state index is -3.06. The summed E-state index contributed by atoms with van der Waals surface area (Å²) in [4.78, 5) is 11.2. The van der Waals surface area contributed by atoms with Crippen LogP contribution in [0.25, 0.3) is 0 Å². The van der Waals surface area contributed by atoms with Crippen LogP contribution in [0.1, 0.15) is 17.3 Å². The second kappa shape index (κ2) is 4.89. The highest BCUT2D eigenvalue weighted by Crippen LogP contribution is 2.33. The SMILES string of the molecule is CC(=O)c1ccc([P@@](N)(=O)c2ccccc2)cc1. The minimum absolute atomic E-state index is 0.0203. The third kappa shape index (κ3) is 2.42. The van der Waals surface area contributed by atoms with Gasteiger partial charge in [0.25, 0.3) is 0 Å². The Labute approximate surface area is 106 Å². The summed E-state index contributed by atoms with van der Waals surface area (Å²) in [6.45, 7) is 1.49. The van der Waals surface area contributed by atoms with Crippen molar-refractivity contribution < 1.29 is 9.36 Å². The van der Waals surface area contributed by atoms with Crippen molar-refractivity contribution in [3.63, 3.8) is 0 Å². The van der Waals surface area contributed by atoms with Gasteiger partial charge >= 0.3 is 0 Å². The molecule has 92 valence electrons. The van der Waals surface area contributed by atoms with Crippen LogP contribution in [0.2, 0.25) is 0 Å². The van der Waals surface area contributed by atoms with Crippen LogP contribution in [0.3, 0.4) is 0 Å². The average molecular weight is 259 g/mol. The van der Waals surface area contributed by atoms with Gasteiger partial charge in [0.1, 0.15) is 0 Å². The molecule has 0 saturated heterocycles. The number of carbonyl (C=O) groups is 1. The first-order valence-electron chi connectivity index (χ1n) is 5.57. The molecular weight excluding hydrogens is 245 g/mol. The van der Waals surface area contributed by atoms with E-state index in [1.807, 2.05) is 6.07 Å². The standard InChI is InChI=1S/C14H14NO2P/c1-11(16)12-7-9-14(10-8-12)18(15,17)13-5-3-2-4-6-13/h2-10H,1H3,(H2,15,17)/t18-/m0/s1. The van der Waals surface area contributed by atoms with Crippen LogP contribution in [0.15, 0.2) is 54.6 Å². The summed E-state index contributed by atoms with van der Waals surface area (Å²) in [5, 5.41) is 1.17. The Balaban J connectivity index is 2.42. The molecule has 0 heterocycles. The Morgan fingerprint density at radius 2 is 1.44 bits per heavy atom. The number of rotatable bonds is 3. The molecule has 0 spiro atoms. The van der Waals surface area contributed by atoms with Crippen LogP contribution in [-0.2, 0) is 4.57 Å². The fourth-order valence-electron chi connectivity index (χ4n) is 1.72. The van der Waals surface area contributed by atoms with E-state index in [0.717, 1.165) is 0 Å². The van der Waals surface area contributed by atoms with Crippen molar-refractivity contribution in [2.45, 2.75) is 6.92 Å². The summed E-state index contributed by atoms with van der Waals surface area (Å²) < 4.78 is 12.6. The fourth-order valence-corrected chi connectivity index (χ4v) is 3.22. The van der Waals surface area contributed by atoms with E-state index >= 15 is 0 Å².